The molecule has 1 saturated carbocycles. The number of hydrogen-bond donors (Lipinski definition) is 2. The van der Waals surface area contributed by atoms with E-state index in [2.05, 4.69) is 48.2 Å². The highest BCUT2D eigenvalue weighted by atomic mass is 127. The fourth-order valence-electron chi connectivity index (χ4n) is 3.78. The third-order valence-corrected chi connectivity index (χ3v) is 5.80. The fourth-order valence-corrected chi connectivity index (χ4v) is 4.44. The molecule has 0 unspecified atom stereocenters. The Morgan fingerprint density at radius 1 is 1.42 bits per heavy atom. The minimum atomic E-state index is -0.641. The number of H-pyrrole nitrogens is 1. The second-order valence-electron chi connectivity index (χ2n) is 6.50. The lowest BCUT2D eigenvalue weighted by Gasteiger charge is -2.28. The van der Waals surface area contributed by atoms with E-state index in [1.54, 1.807) is 13.1 Å². The molecule has 0 spiro atoms. The highest BCUT2D eigenvalue weighted by Crippen LogP contribution is 2.38. The molecular formula is C17H18IN5O. The number of aliphatic hydroxyl groups is 1. The van der Waals surface area contributed by atoms with Crippen LogP contribution < -0.4 is 0 Å². The summed E-state index contributed by atoms with van der Waals surface area (Å²) in [4.78, 5) is 12.3. The van der Waals surface area contributed by atoms with Crippen molar-refractivity contribution in [3.63, 3.8) is 0 Å². The van der Waals surface area contributed by atoms with Crippen LogP contribution >= 0.6 is 22.6 Å². The van der Waals surface area contributed by atoms with Crippen LogP contribution in [0.2, 0.25) is 0 Å². The number of nitriles is 1. The quantitative estimate of drug-likeness (QED) is 0.599. The summed E-state index contributed by atoms with van der Waals surface area (Å²) in [6.07, 6.45) is 6.76. The molecule has 24 heavy (non-hydrogen) atoms. The largest absolute Gasteiger partial charge is 0.385 e. The number of nitrogens with one attached hydrogen (secondary N) is 1. The van der Waals surface area contributed by atoms with E-state index in [4.69, 9.17) is 5.26 Å². The maximum atomic E-state index is 10.3. The van der Waals surface area contributed by atoms with E-state index in [1.807, 2.05) is 6.20 Å². The fraction of sp³-hybridized carbons (Fsp3) is 0.471. The summed E-state index contributed by atoms with van der Waals surface area (Å²) in [5.74, 6) is 0.844. The highest BCUT2D eigenvalue weighted by molar-refractivity contribution is 14.1. The summed E-state index contributed by atoms with van der Waals surface area (Å²) in [5, 5.41) is 20.5. The lowest BCUT2D eigenvalue weighted by Crippen LogP contribution is -2.20. The molecule has 3 aromatic rings. The van der Waals surface area contributed by atoms with Crippen molar-refractivity contribution < 1.29 is 5.11 Å². The van der Waals surface area contributed by atoms with Gasteiger partial charge in [0.15, 0.2) is 0 Å². The van der Waals surface area contributed by atoms with Crippen molar-refractivity contribution in [2.75, 3.05) is 0 Å². The maximum absolute atomic E-state index is 10.3. The van der Waals surface area contributed by atoms with Gasteiger partial charge < -0.3 is 14.7 Å². The Morgan fingerprint density at radius 2 is 2.17 bits per heavy atom. The van der Waals surface area contributed by atoms with Crippen LogP contribution in [0.25, 0.3) is 22.1 Å². The molecule has 1 atom stereocenters. The van der Waals surface area contributed by atoms with Gasteiger partial charge in [0.25, 0.3) is 0 Å². The van der Waals surface area contributed by atoms with Crippen molar-refractivity contribution in [1.29, 1.82) is 5.26 Å². The number of aliphatic hydroxyl groups excluding tert-OH is 1. The van der Waals surface area contributed by atoms with Crippen LogP contribution in [-0.2, 0) is 0 Å². The zero-order valence-corrected chi connectivity index (χ0v) is 15.5. The lowest BCUT2D eigenvalue weighted by atomic mass is 9.86. The molecule has 0 radical (unpaired) electrons. The molecule has 0 bridgehead atoms. The van der Waals surface area contributed by atoms with E-state index < -0.39 is 6.10 Å². The Hall–Kier alpha value is -1.66. The number of fused-ring (bicyclic) bond motifs is 3. The number of aromatic nitrogens is 4. The van der Waals surface area contributed by atoms with Gasteiger partial charge in [0.05, 0.1) is 23.2 Å². The van der Waals surface area contributed by atoms with Crippen LogP contribution in [0.4, 0.5) is 0 Å². The molecule has 1 aliphatic carbocycles. The van der Waals surface area contributed by atoms with Gasteiger partial charge in [-0.2, -0.15) is 5.26 Å². The van der Waals surface area contributed by atoms with Gasteiger partial charge in [-0.15, -0.1) is 0 Å². The zero-order valence-electron chi connectivity index (χ0n) is 13.3. The Morgan fingerprint density at radius 3 is 2.83 bits per heavy atom. The average molecular weight is 435 g/mol. The van der Waals surface area contributed by atoms with Gasteiger partial charge in [-0.1, -0.05) is 0 Å². The van der Waals surface area contributed by atoms with Crippen LogP contribution in [0, 0.1) is 20.8 Å². The molecule has 3 aromatic heterocycles. The Labute approximate surface area is 153 Å². The third kappa shape index (κ3) is 2.40. The van der Waals surface area contributed by atoms with Crippen molar-refractivity contribution in [3.8, 4) is 6.07 Å². The van der Waals surface area contributed by atoms with Gasteiger partial charge in [0.2, 0.25) is 0 Å². The first-order chi connectivity index (χ1) is 11.6. The number of rotatable bonds is 2. The third-order valence-electron chi connectivity index (χ3n) is 4.95. The van der Waals surface area contributed by atoms with Gasteiger partial charge >= 0.3 is 0 Å². The van der Waals surface area contributed by atoms with E-state index in [9.17, 15) is 5.11 Å². The van der Waals surface area contributed by atoms with Crippen molar-refractivity contribution in [2.24, 2.45) is 5.92 Å². The normalized spacial score (nSPS) is 22.8. The van der Waals surface area contributed by atoms with Crippen molar-refractivity contribution in [3.05, 3.63) is 21.8 Å². The Bertz CT molecular complexity index is 943. The summed E-state index contributed by atoms with van der Waals surface area (Å²) in [5.41, 5.74) is 2.70. The molecular weight excluding hydrogens is 417 g/mol. The number of halogens is 1. The van der Waals surface area contributed by atoms with Crippen molar-refractivity contribution >= 4 is 44.7 Å². The maximum Gasteiger partial charge on any atom is 0.140 e. The van der Waals surface area contributed by atoms with E-state index in [0.29, 0.717) is 5.82 Å². The summed E-state index contributed by atoms with van der Waals surface area (Å²) in [7, 11) is 0. The van der Waals surface area contributed by atoms with Crippen LogP contribution in [0.3, 0.4) is 0 Å². The summed E-state index contributed by atoms with van der Waals surface area (Å²) >= 11 is 2.31. The second kappa shape index (κ2) is 6.01. The minimum Gasteiger partial charge on any atom is -0.385 e. The first-order valence-electron chi connectivity index (χ1n) is 8.21. The molecule has 0 saturated heterocycles. The number of hydrogen-bond acceptors (Lipinski definition) is 4. The molecule has 0 aliphatic heterocycles. The molecule has 1 aliphatic rings. The Balaban J connectivity index is 1.94. The predicted octanol–water partition coefficient (Wildman–Crippen LogP) is 3.83. The van der Waals surface area contributed by atoms with Gasteiger partial charge in [-0.05, 0) is 55.2 Å². The standard InChI is InChI=1S/C17H18IN5O/c1-9(24)17-22-13-8-21-16-14(12(18)7-20-16)15(13)23(17)11-4-2-10(6-19)3-5-11/h7-11,24H,2-5H2,1H3,(H,20,21)/t9-,10?,11?/m1/s1. The van der Waals surface area contributed by atoms with Gasteiger partial charge in [0.1, 0.15) is 23.1 Å². The lowest BCUT2D eigenvalue weighted by molar-refractivity contribution is 0.177. The average Bonchev–Trinajstić information content (AvgIpc) is 3.15. The van der Waals surface area contributed by atoms with Crippen molar-refractivity contribution in [1.82, 2.24) is 19.5 Å². The molecule has 3 heterocycles. The second-order valence-corrected chi connectivity index (χ2v) is 7.66. The monoisotopic (exact) mass is 435 g/mol. The van der Waals surface area contributed by atoms with E-state index >= 15 is 0 Å². The summed E-state index contributed by atoms with van der Waals surface area (Å²) < 4.78 is 3.30. The minimum absolute atomic E-state index is 0.153. The number of imidazole rings is 1. The van der Waals surface area contributed by atoms with Crippen molar-refractivity contribution in [2.45, 2.75) is 44.8 Å². The molecule has 6 nitrogen and oxygen atoms in total. The smallest absolute Gasteiger partial charge is 0.140 e. The molecule has 0 amide bonds. The summed E-state index contributed by atoms with van der Waals surface area (Å²) in [6, 6.07) is 2.65. The van der Waals surface area contributed by atoms with Gasteiger partial charge in [-0.3, -0.25) is 0 Å². The molecule has 2 N–H and O–H groups in total. The predicted molar refractivity (Wildman–Crippen MR) is 99.3 cm³/mol. The SMILES string of the molecule is C[C@@H](O)c1nc2cnc3[nH]cc(I)c3c2n1C1CCC(C#N)CC1. The summed E-state index contributed by atoms with van der Waals surface area (Å²) in [6.45, 7) is 1.76. The van der Waals surface area contributed by atoms with E-state index in [-0.39, 0.29) is 12.0 Å². The van der Waals surface area contributed by atoms with Crippen LogP contribution in [0.1, 0.15) is 50.6 Å². The number of nitrogens with zero attached hydrogens (tertiary/aromatic N) is 4. The highest BCUT2D eigenvalue weighted by Gasteiger charge is 2.28. The number of aromatic amines is 1. The van der Waals surface area contributed by atoms with Crippen LogP contribution in [0.15, 0.2) is 12.4 Å². The van der Waals surface area contributed by atoms with Crippen LogP contribution in [0.5, 0.6) is 0 Å². The molecule has 0 aromatic carbocycles. The first kappa shape index (κ1) is 15.8. The number of pyridine rings is 1. The molecule has 4 rings (SSSR count). The van der Waals surface area contributed by atoms with E-state index in [0.717, 1.165) is 51.3 Å². The topological polar surface area (TPSA) is 90.5 Å². The molecule has 7 heteroatoms. The van der Waals surface area contributed by atoms with E-state index in [1.165, 1.54) is 0 Å². The Kier molecular flexibility index (Phi) is 3.96. The zero-order chi connectivity index (χ0) is 16.8. The first-order valence-corrected chi connectivity index (χ1v) is 9.29. The molecule has 1 fully saturated rings. The van der Waals surface area contributed by atoms with Gasteiger partial charge in [0, 0.05) is 21.7 Å². The van der Waals surface area contributed by atoms with Gasteiger partial charge in [-0.25, -0.2) is 9.97 Å². The van der Waals surface area contributed by atoms with Crippen LogP contribution in [-0.4, -0.2) is 24.6 Å². The molecule has 124 valence electrons.